The molecule has 1 saturated heterocycles. The molecule has 1 N–H and O–H groups in total. The Morgan fingerprint density at radius 3 is 2.25 bits per heavy atom. The lowest BCUT2D eigenvalue weighted by atomic mass is 9.99. The third-order valence-electron chi connectivity index (χ3n) is 7.13. The minimum Gasteiger partial charge on any atom is -0.484 e. The van der Waals surface area contributed by atoms with Gasteiger partial charge in [-0.3, -0.25) is 14.4 Å². The molecule has 9 nitrogen and oxygen atoms in total. The number of alkyl halides is 6. The van der Waals surface area contributed by atoms with Gasteiger partial charge < -0.3 is 19.9 Å². The van der Waals surface area contributed by atoms with Gasteiger partial charge in [0.05, 0.1) is 28.3 Å². The van der Waals surface area contributed by atoms with Crippen molar-refractivity contribution in [2.75, 3.05) is 31.6 Å². The fourth-order valence-corrected chi connectivity index (χ4v) is 5.58. The van der Waals surface area contributed by atoms with E-state index < -0.39 is 62.4 Å². The first kappa shape index (κ1) is 30.8. The molecule has 2 heterocycles. The Kier molecular flexibility index (Phi) is 7.82. The van der Waals surface area contributed by atoms with Gasteiger partial charge in [0, 0.05) is 13.1 Å². The zero-order chi connectivity index (χ0) is 32.0. The SMILES string of the molecule is O=C1Nc2ccc(-c3cccc(C(F)(F)F)c3)cc2C(=O)N2CCN(C(=O)COc3ccc(S(=O)(=O)C(F)(F)F)cc3)CC12. The van der Waals surface area contributed by atoms with Crippen LogP contribution in [0.2, 0.25) is 0 Å². The monoisotopic (exact) mass is 641 g/mol. The third-order valence-corrected chi connectivity index (χ3v) is 8.63. The van der Waals surface area contributed by atoms with E-state index in [0.717, 1.165) is 24.3 Å². The Hall–Kier alpha value is -4.60. The summed E-state index contributed by atoms with van der Waals surface area (Å²) >= 11 is 0. The lowest BCUT2D eigenvalue weighted by Crippen LogP contribution is -2.60. The van der Waals surface area contributed by atoms with Gasteiger partial charge in [0.15, 0.2) is 6.61 Å². The van der Waals surface area contributed by atoms with Gasteiger partial charge in [-0.2, -0.15) is 26.3 Å². The summed E-state index contributed by atoms with van der Waals surface area (Å²) in [6, 6.07) is 11.1. The van der Waals surface area contributed by atoms with Gasteiger partial charge in [0.2, 0.25) is 5.91 Å². The van der Waals surface area contributed by atoms with Crippen molar-refractivity contribution in [3.63, 3.8) is 0 Å². The van der Waals surface area contributed by atoms with E-state index in [9.17, 15) is 49.1 Å². The van der Waals surface area contributed by atoms with E-state index in [-0.39, 0.29) is 42.2 Å². The molecule has 3 amide bonds. The minimum absolute atomic E-state index is 0.00310. The Labute approximate surface area is 245 Å². The van der Waals surface area contributed by atoms with Gasteiger partial charge in [0.25, 0.3) is 21.7 Å². The molecule has 2 aliphatic rings. The van der Waals surface area contributed by atoms with Crippen LogP contribution in [0.25, 0.3) is 11.1 Å². The number of amides is 3. The van der Waals surface area contributed by atoms with Crippen LogP contribution in [0.4, 0.5) is 32.0 Å². The Morgan fingerprint density at radius 1 is 0.909 bits per heavy atom. The maximum Gasteiger partial charge on any atom is 0.501 e. The van der Waals surface area contributed by atoms with Crippen LogP contribution < -0.4 is 10.1 Å². The molecule has 44 heavy (non-hydrogen) atoms. The molecule has 3 aromatic carbocycles. The van der Waals surface area contributed by atoms with Crippen LogP contribution >= 0.6 is 0 Å². The predicted molar refractivity (Wildman–Crippen MR) is 142 cm³/mol. The molecule has 0 saturated carbocycles. The number of anilines is 1. The topological polar surface area (TPSA) is 113 Å². The number of ether oxygens (including phenoxy) is 1. The number of carbonyl (C=O) groups is 3. The Bertz CT molecular complexity index is 1740. The van der Waals surface area contributed by atoms with Gasteiger partial charge >= 0.3 is 11.7 Å². The van der Waals surface area contributed by atoms with Crippen molar-refractivity contribution in [1.82, 2.24) is 9.80 Å². The fourth-order valence-electron chi connectivity index (χ4n) is 4.82. The quantitative estimate of drug-likeness (QED) is 0.415. The van der Waals surface area contributed by atoms with E-state index in [4.69, 9.17) is 4.74 Å². The minimum atomic E-state index is -5.55. The van der Waals surface area contributed by atoms with Crippen LogP contribution in [0.15, 0.2) is 71.6 Å². The van der Waals surface area contributed by atoms with Crippen molar-refractivity contribution in [2.24, 2.45) is 0 Å². The van der Waals surface area contributed by atoms with Crippen LogP contribution in [0.5, 0.6) is 5.75 Å². The second-order valence-electron chi connectivity index (χ2n) is 9.89. The van der Waals surface area contributed by atoms with Crippen molar-refractivity contribution in [3.8, 4) is 16.9 Å². The first-order chi connectivity index (χ1) is 20.6. The van der Waals surface area contributed by atoms with Crippen molar-refractivity contribution in [3.05, 3.63) is 77.9 Å². The number of nitrogens with one attached hydrogen (secondary N) is 1. The van der Waals surface area contributed by atoms with Crippen molar-refractivity contribution in [1.29, 1.82) is 0 Å². The maximum atomic E-state index is 13.5. The van der Waals surface area contributed by atoms with Crippen molar-refractivity contribution < 1.29 is 53.9 Å². The van der Waals surface area contributed by atoms with E-state index >= 15 is 0 Å². The largest absolute Gasteiger partial charge is 0.501 e. The zero-order valence-corrected chi connectivity index (χ0v) is 23.1. The highest BCUT2D eigenvalue weighted by Crippen LogP contribution is 2.35. The lowest BCUT2D eigenvalue weighted by Gasteiger charge is -2.39. The number of sulfone groups is 1. The maximum absolute atomic E-state index is 13.5. The van der Waals surface area contributed by atoms with Gasteiger partial charge in [-0.25, -0.2) is 8.42 Å². The van der Waals surface area contributed by atoms with E-state index in [0.29, 0.717) is 17.7 Å². The second-order valence-corrected chi connectivity index (χ2v) is 11.8. The van der Waals surface area contributed by atoms with E-state index in [1.807, 2.05) is 0 Å². The second kappa shape index (κ2) is 11.2. The number of hydrogen-bond acceptors (Lipinski definition) is 6. The molecule has 1 atom stereocenters. The number of carbonyl (C=O) groups excluding carboxylic acids is 3. The highest BCUT2D eigenvalue weighted by atomic mass is 32.2. The first-order valence-corrected chi connectivity index (χ1v) is 14.3. The molecule has 16 heteroatoms. The molecule has 3 aromatic rings. The summed E-state index contributed by atoms with van der Waals surface area (Å²) in [6.07, 6.45) is -4.56. The van der Waals surface area contributed by atoms with E-state index in [2.05, 4.69) is 5.32 Å². The highest BCUT2D eigenvalue weighted by molar-refractivity contribution is 7.92. The highest BCUT2D eigenvalue weighted by Gasteiger charge is 2.47. The molecule has 232 valence electrons. The van der Waals surface area contributed by atoms with E-state index in [1.165, 1.54) is 40.1 Å². The smallest absolute Gasteiger partial charge is 0.484 e. The average molecular weight is 642 g/mol. The van der Waals surface area contributed by atoms with E-state index in [1.54, 1.807) is 0 Å². The molecule has 0 aromatic heterocycles. The van der Waals surface area contributed by atoms with Crippen LogP contribution in [-0.2, 0) is 25.6 Å². The summed E-state index contributed by atoms with van der Waals surface area (Å²) in [7, 11) is -5.55. The summed E-state index contributed by atoms with van der Waals surface area (Å²) in [6.45, 7) is -0.853. The molecule has 0 spiro atoms. The summed E-state index contributed by atoms with van der Waals surface area (Å²) < 4.78 is 106. The van der Waals surface area contributed by atoms with Crippen molar-refractivity contribution in [2.45, 2.75) is 22.6 Å². The standard InChI is InChI=1S/C28H21F6N3O6S/c29-27(30,31)18-3-1-2-16(12-18)17-4-9-22-21(13-17)26(40)37-11-10-36(14-23(37)25(39)35-22)24(38)15-43-19-5-7-20(8-6-19)44(41,42)28(32,33)34/h1-9,12-13,23H,10-11,14-15H2,(H,35,39). The predicted octanol–water partition coefficient (Wildman–Crippen LogP) is 4.35. The number of piperazine rings is 1. The molecule has 5 rings (SSSR count). The summed E-state index contributed by atoms with van der Waals surface area (Å²) in [4.78, 5) is 40.9. The number of rotatable bonds is 5. The third kappa shape index (κ3) is 5.93. The molecule has 1 unspecified atom stereocenters. The Morgan fingerprint density at radius 2 is 1.59 bits per heavy atom. The zero-order valence-electron chi connectivity index (χ0n) is 22.3. The molecule has 2 aliphatic heterocycles. The molecule has 0 radical (unpaired) electrons. The van der Waals surface area contributed by atoms with Crippen LogP contribution in [-0.4, -0.2) is 73.7 Å². The lowest BCUT2D eigenvalue weighted by molar-refractivity contribution is -0.138. The molecule has 0 aliphatic carbocycles. The number of benzene rings is 3. The number of halogens is 6. The Balaban J connectivity index is 1.27. The van der Waals surface area contributed by atoms with Crippen LogP contribution in [0, 0.1) is 0 Å². The van der Waals surface area contributed by atoms with Gasteiger partial charge in [0.1, 0.15) is 11.8 Å². The van der Waals surface area contributed by atoms with Gasteiger partial charge in [-0.05, 0) is 59.7 Å². The normalized spacial score (nSPS) is 17.4. The molecular formula is C28H21F6N3O6S. The summed E-state index contributed by atoms with van der Waals surface area (Å²) in [5.41, 5.74) is -5.58. The first-order valence-electron chi connectivity index (χ1n) is 12.8. The van der Waals surface area contributed by atoms with Crippen molar-refractivity contribution >= 4 is 33.2 Å². The number of hydrogen-bond donors (Lipinski definition) is 1. The number of fused-ring (bicyclic) bond motifs is 2. The average Bonchev–Trinajstić information content (AvgIpc) is 3.08. The fraction of sp³-hybridized carbons (Fsp3) is 0.250. The molecule has 0 bridgehead atoms. The van der Waals surface area contributed by atoms with Crippen LogP contribution in [0.3, 0.4) is 0 Å². The molecule has 1 fully saturated rings. The van der Waals surface area contributed by atoms with Crippen LogP contribution in [0.1, 0.15) is 15.9 Å². The number of nitrogens with zero attached hydrogens (tertiary/aromatic N) is 2. The van der Waals surface area contributed by atoms with Gasteiger partial charge in [-0.1, -0.05) is 18.2 Å². The molecular weight excluding hydrogens is 620 g/mol. The van der Waals surface area contributed by atoms with Gasteiger partial charge in [-0.15, -0.1) is 0 Å². The summed E-state index contributed by atoms with van der Waals surface area (Å²) in [5.74, 6) is -1.84. The summed E-state index contributed by atoms with van der Waals surface area (Å²) in [5, 5.41) is 2.63.